The van der Waals surface area contributed by atoms with Gasteiger partial charge in [-0.3, -0.25) is 4.79 Å². The third kappa shape index (κ3) is 2.25. The number of aliphatic hydroxyl groups is 1. The molecule has 1 atom stereocenters. The number of carbonyl (C=O) groups is 1. The van der Waals surface area contributed by atoms with E-state index in [9.17, 15) is 9.90 Å². The van der Waals surface area contributed by atoms with Crippen molar-refractivity contribution >= 4 is 17.2 Å². The van der Waals surface area contributed by atoms with E-state index in [1.165, 1.54) is 5.56 Å². The zero-order valence-corrected chi connectivity index (χ0v) is 12.2. The van der Waals surface area contributed by atoms with Crippen molar-refractivity contribution in [1.82, 2.24) is 5.32 Å². The van der Waals surface area contributed by atoms with Crippen LogP contribution in [0.1, 0.15) is 45.0 Å². The van der Waals surface area contributed by atoms with Gasteiger partial charge < -0.3 is 10.4 Å². The standard InChI is InChI=1S/C16H17NO2S/c1-2-10-6-8-20-15(10)14(18)12-4-3-11-5-7-17-16(19)13(11)9-12/h3-4,6,8-9,14,18H,2,5,7H2,1H3,(H,17,19). The number of thiophene rings is 1. The molecule has 20 heavy (non-hydrogen) atoms. The summed E-state index contributed by atoms with van der Waals surface area (Å²) >= 11 is 1.56. The van der Waals surface area contributed by atoms with Gasteiger partial charge in [-0.1, -0.05) is 19.1 Å². The molecule has 0 fully saturated rings. The van der Waals surface area contributed by atoms with Gasteiger partial charge in [-0.25, -0.2) is 0 Å². The molecule has 3 rings (SSSR count). The van der Waals surface area contributed by atoms with Gasteiger partial charge in [0.1, 0.15) is 6.10 Å². The zero-order valence-electron chi connectivity index (χ0n) is 11.3. The third-order valence-electron chi connectivity index (χ3n) is 3.78. The molecule has 1 aliphatic rings. The molecule has 1 unspecified atom stereocenters. The first-order chi connectivity index (χ1) is 9.70. The largest absolute Gasteiger partial charge is 0.383 e. The quantitative estimate of drug-likeness (QED) is 0.912. The minimum absolute atomic E-state index is 0.0396. The molecular formula is C16H17NO2S. The summed E-state index contributed by atoms with van der Waals surface area (Å²) in [6, 6.07) is 7.77. The van der Waals surface area contributed by atoms with Crippen LogP contribution in [0, 0.1) is 0 Å². The molecule has 1 aromatic heterocycles. The molecule has 2 N–H and O–H groups in total. The van der Waals surface area contributed by atoms with Crippen LogP contribution in [0.25, 0.3) is 0 Å². The Bertz CT molecular complexity index is 648. The van der Waals surface area contributed by atoms with Gasteiger partial charge in [0.05, 0.1) is 0 Å². The van der Waals surface area contributed by atoms with Gasteiger partial charge in [-0.15, -0.1) is 11.3 Å². The minimum Gasteiger partial charge on any atom is -0.383 e. The van der Waals surface area contributed by atoms with Crippen molar-refractivity contribution < 1.29 is 9.90 Å². The lowest BCUT2D eigenvalue weighted by atomic mass is 9.95. The van der Waals surface area contributed by atoms with Crippen molar-refractivity contribution in [1.29, 1.82) is 0 Å². The van der Waals surface area contributed by atoms with E-state index in [-0.39, 0.29) is 5.91 Å². The summed E-state index contributed by atoms with van der Waals surface area (Å²) < 4.78 is 0. The summed E-state index contributed by atoms with van der Waals surface area (Å²) in [5.41, 5.74) is 3.72. The zero-order chi connectivity index (χ0) is 14.1. The van der Waals surface area contributed by atoms with Crippen molar-refractivity contribution in [3.05, 3.63) is 56.8 Å². The second kappa shape index (κ2) is 5.38. The number of carbonyl (C=O) groups excluding carboxylic acids is 1. The average molecular weight is 287 g/mol. The molecule has 2 heterocycles. The van der Waals surface area contributed by atoms with Crippen LogP contribution in [0.2, 0.25) is 0 Å². The van der Waals surface area contributed by atoms with Gasteiger partial charge >= 0.3 is 0 Å². The Morgan fingerprint density at radius 2 is 2.25 bits per heavy atom. The van der Waals surface area contributed by atoms with Crippen LogP contribution in [-0.2, 0) is 12.8 Å². The van der Waals surface area contributed by atoms with E-state index in [2.05, 4.69) is 12.2 Å². The lowest BCUT2D eigenvalue weighted by Crippen LogP contribution is -2.31. The van der Waals surface area contributed by atoms with E-state index < -0.39 is 6.10 Å². The Labute approximate surface area is 122 Å². The van der Waals surface area contributed by atoms with Gasteiger partial charge in [0.25, 0.3) is 5.91 Å². The molecule has 0 saturated heterocycles. The Morgan fingerprint density at radius 1 is 1.40 bits per heavy atom. The highest BCUT2D eigenvalue weighted by atomic mass is 32.1. The van der Waals surface area contributed by atoms with Gasteiger partial charge in [0, 0.05) is 17.0 Å². The van der Waals surface area contributed by atoms with Crippen LogP contribution in [0.3, 0.4) is 0 Å². The fourth-order valence-corrected chi connectivity index (χ4v) is 3.64. The molecule has 2 aromatic rings. The predicted octanol–water partition coefficient (Wildman–Crippen LogP) is 2.68. The van der Waals surface area contributed by atoms with Gasteiger partial charge in [-0.2, -0.15) is 0 Å². The van der Waals surface area contributed by atoms with Crippen LogP contribution in [-0.4, -0.2) is 17.6 Å². The number of benzene rings is 1. The SMILES string of the molecule is CCc1ccsc1C(O)c1ccc2c(c1)C(=O)NCC2. The molecule has 0 aliphatic carbocycles. The molecular weight excluding hydrogens is 270 g/mol. The van der Waals surface area contributed by atoms with Crippen molar-refractivity contribution in [2.75, 3.05) is 6.54 Å². The Morgan fingerprint density at radius 3 is 3.05 bits per heavy atom. The summed E-state index contributed by atoms with van der Waals surface area (Å²) in [6.45, 7) is 2.78. The van der Waals surface area contributed by atoms with Crippen LogP contribution >= 0.6 is 11.3 Å². The molecule has 0 spiro atoms. The summed E-state index contributed by atoms with van der Waals surface area (Å²) in [7, 11) is 0. The molecule has 1 aliphatic heterocycles. The number of hydrogen-bond donors (Lipinski definition) is 2. The van der Waals surface area contributed by atoms with Crippen LogP contribution in [0.4, 0.5) is 0 Å². The first kappa shape index (κ1) is 13.3. The number of aryl methyl sites for hydroxylation is 1. The van der Waals surface area contributed by atoms with Crippen LogP contribution in [0.15, 0.2) is 29.6 Å². The van der Waals surface area contributed by atoms with Gasteiger partial charge in [-0.05, 0) is 47.0 Å². The highest BCUT2D eigenvalue weighted by molar-refractivity contribution is 7.10. The molecule has 1 aromatic carbocycles. The summed E-state index contributed by atoms with van der Waals surface area (Å²) in [6.07, 6.45) is 1.11. The van der Waals surface area contributed by atoms with Crippen LogP contribution < -0.4 is 5.32 Å². The Kier molecular flexibility index (Phi) is 3.59. The second-order valence-corrected chi connectivity index (χ2v) is 5.94. The van der Waals surface area contributed by atoms with Crippen LogP contribution in [0.5, 0.6) is 0 Å². The van der Waals surface area contributed by atoms with E-state index in [1.54, 1.807) is 11.3 Å². The van der Waals surface area contributed by atoms with E-state index in [1.807, 2.05) is 29.6 Å². The van der Waals surface area contributed by atoms with E-state index in [0.717, 1.165) is 28.8 Å². The Hall–Kier alpha value is -1.65. The van der Waals surface area contributed by atoms with Crippen molar-refractivity contribution in [2.24, 2.45) is 0 Å². The molecule has 0 bridgehead atoms. The molecule has 1 amide bonds. The lowest BCUT2D eigenvalue weighted by Gasteiger charge is -2.19. The van der Waals surface area contributed by atoms with E-state index >= 15 is 0 Å². The molecule has 3 nitrogen and oxygen atoms in total. The maximum Gasteiger partial charge on any atom is 0.251 e. The topological polar surface area (TPSA) is 49.3 Å². The highest BCUT2D eigenvalue weighted by Crippen LogP contribution is 2.31. The maximum atomic E-state index is 11.9. The Balaban J connectivity index is 1.98. The number of amides is 1. The first-order valence-electron chi connectivity index (χ1n) is 6.86. The minimum atomic E-state index is -0.648. The first-order valence-corrected chi connectivity index (χ1v) is 7.74. The van der Waals surface area contributed by atoms with E-state index in [4.69, 9.17) is 0 Å². The van der Waals surface area contributed by atoms with E-state index in [0.29, 0.717) is 12.1 Å². The highest BCUT2D eigenvalue weighted by Gasteiger charge is 2.21. The maximum absolute atomic E-state index is 11.9. The molecule has 0 saturated carbocycles. The number of hydrogen-bond acceptors (Lipinski definition) is 3. The van der Waals surface area contributed by atoms with Gasteiger partial charge in [0.15, 0.2) is 0 Å². The van der Waals surface area contributed by atoms with Crippen molar-refractivity contribution in [2.45, 2.75) is 25.9 Å². The monoisotopic (exact) mass is 287 g/mol. The fraction of sp³-hybridized carbons (Fsp3) is 0.312. The van der Waals surface area contributed by atoms with Crippen molar-refractivity contribution in [3.63, 3.8) is 0 Å². The third-order valence-corrected chi connectivity index (χ3v) is 4.80. The predicted molar refractivity (Wildman–Crippen MR) is 80.2 cm³/mol. The number of rotatable bonds is 3. The number of nitrogens with one attached hydrogen (secondary N) is 1. The van der Waals surface area contributed by atoms with Crippen molar-refractivity contribution in [3.8, 4) is 0 Å². The second-order valence-electron chi connectivity index (χ2n) is 4.99. The molecule has 0 radical (unpaired) electrons. The molecule has 104 valence electrons. The number of fused-ring (bicyclic) bond motifs is 1. The molecule has 4 heteroatoms. The summed E-state index contributed by atoms with van der Waals surface area (Å²) in [5, 5.41) is 15.4. The summed E-state index contributed by atoms with van der Waals surface area (Å²) in [4.78, 5) is 12.9. The number of aliphatic hydroxyl groups excluding tert-OH is 1. The normalized spacial score (nSPS) is 15.6. The average Bonchev–Trinajstić information content (AvgIpc) is 2.95. The fourth-order valence-electron chi connectivity index (χ4n) is 2.63. The van der Waals surface area contributed by atoms with Gasteiger partial charge in [0.2, 0.25) is 0 Å². The summed E-state index contributed by atoms with van der Waals surface area (Å²) in [5.74, 6) is -0.0396. The smallest absolute Gasteiger partial charge is 0.251 e. The lowest BCUT2D eigenvalue weighted by molar-refractivity contribution is 0.0945.